The number of nitrogens with one attached hydrogen (secondary N) is 1. The number of hydrogen-bond donors (Lipinski definition) is 2. The number of nitrogens with zero attached hydrogens (tertiary/aromatic N) is 2. The van der Waals surface area contributed by atoms with Crippen molar-refractivity contribution in [2.45, 2.75) is 70.7 Å². The van der Waals surface area contributed by atoms with Gasteiger partial charge in [-0.05, 0) is 83.5 Å². The van der Waals surface area contributed by atoms with Crippen LogP contribution in [0.4, 0.5) is 0 Å². The number of hydrogen-bond acceptors (Lipinski definition) is 4. The smallest absolute Gasteiger partial charge is 0.252 e. The Hall–Kier alpha value is -2.60. The molecule has 1 amide bonds. The molecular formula is C35H49N3OS. The van der Waals surface area contributed by atoms with Crippen LogP contribution in [0, 0.1) is 0 Å². The molecule has 2 aromatic rings. The summed E-state index contributed by atoms with van der Waals surface area (Å²) < 4.78 is 0. The van der Waals surface area contributed by atoms with Crippen molar-refractivity contribution < 1.29 is 4.79 Å². The molecule has 0 atom stereocenters. The number of allylic oxidation sites excluding steroid dienone is 5. The summed E-state index contributed by atoms with van der Waals surface area (Å²) in [5.74, 6) is -0.0777. The zero-order chi connectivity index (χ0) is 28.6. The molecule has 1 heterocycles. The Kier molecular flexibility index (Phi) is 14.3. The summed E-state index contributed by atoms with van der Waals surface area (Å²) in [6.45, 7) is 14.2. The second kappa shape index (κ2) is 18.0. The summed E-state index contributed by atoms with van der Waals surface area (Å²) in [7, 11) is 0. The van der Waals surface area contributed by atoms with Gasteiger partial charge in [-0.3, -0.25) is 9.69 Å². The SMILES string of the molecule is CC(=CCCC(C)=CCNC(=O)c1ccccc1S)CCC=C(C)CCCN1CCN(Cc2ccccc2)CC1. The number of thiol groups is 1. The standard InChI is InChI=1S/C35H49N3OS/c1-29(13-10-15-31(3)21-22-36-35(39)33-19-7-8-20-34(33)40)12-9-14-30(2)16-11-23-37-24-26-38(27-25-37)28-32-17-5-4-6-18-32/h4-8,13-14,17-21,40H,9-12,15-16,22-28H2,1-3H3,(H,36,39). The molecule has 1 fully saturated rings. The number of rotatable bonds is 15. The number of carbonyl (C=O) groups is 1. The first-order chi connectivity index (χ1) is 19.4. The van der Waals surface area contributed by atoms with Gasteiger partial charge < -0.3 is 10.2 Å². The second-order valence-electron chi connectivity index (χ2n) is 11.2. The molecule has 40 heavy (non-hydrogen) atoms. The average molecular weight is 560 g/mol. The molecule has 0 radical (unpaired) electrons. The van der Waals surface area contributed by atoms with Gasteiger partial charge in [-0.25, -0.2) is 0 Å². The van der Waals surface area contributed by atoms with Crippen LogP contribution < -0.4 is 5.32 Å². The van der Waals surface area contributed by atoms with Crippen molar-refractivity contribution in [2.75, 3.05) is 39.3 Å². The van der Waals surface area contributed by atoms with E-state index in [4.69, 9.17) is 0 Å². The van der Waals surface area contributed by atoms with E-state index in [1.807, 2.05) is 18.2 Å². The minimum atomic E-state index is -0.0777. The lowest BCUT2D eigenvalue weighted by molar-refractivity contribution is 0.0955. The van der Waals surface area contributed by atoms with Crippen molar-refractivity contribution in [3.8, 4) is 0 Å². The molecule has 4 nitrogen and oxygen atoms in total. The first-order valence-electron chi connectivity index (χ1n) is 14.9. The van der Waals surface area contributed by atoms with Gasteiger partial charge in [0.1, 0.15) is 0 Å². The maximum atomic E-state index is 12.3. The lowest BCUT2D eigenvalue weighted by atomic mass is 10.0. The number of benzene rings is 2. The van der Waals surface area contributed by atoms with E-state index < -0.39 is 0 Å². The van der Waals surface area contributed by atoms with Gasteiger partial charge in [0.05, 0.1) is 5.56 Å². The van der Waals surface area contributed by atoms with Gasteiger partial charge in [0, 0.05) is 44.2 Å². The van der Waals surface area contributed by atoms with Crippen molar-refractivity contribution in [3.63, 3.8) is 0 Å². The highest BCUT2D eigenvalue weighted by Crippen LogP contribution is 2.15. The fourth-order valence-electron chi connectivity index (χ4n) is 5.07. The molecule has 2 aromatic carbocycles. The van der Waals surface area contributed by atoms with Crippen LogP contribution in [0.1, 0.15) is 75.2 Å². The predicted molar refractivity (Wildman–Crippen MR) is 173 cm³/mol. The van der Waals surface area contributed by atoms with E-state index in [0.29, 0.717) is 17.0 Å². The Morgan fingerprint density at radius 1 is 0.775 bits per heavy atom. The van der Waals surface area contributed by atoms with Crippen molar-refractivity contribution >= 4 is 18.5 Å². The fourth-order valence-corrected chi connectivity index (χ4v) is 5.33. The fraction of sp³-hybridized carbons (Fsp3) is 0.457. The molecule has 0 bridgehead atoms. The quantitative estimate of drug-likeness (QED) is 0.173. The molecule has 1 N–H and O–H groups in total. The van der Waals surface area contributed by atoms with Crippen molar-refractivity contribution in [3.05, 3.63) is 101 Å². The molecule has 1 aliphatic heterocycles. The maximum absolute atomic E-state index is 12.3. The molecule has 0 aliphatic carbocycles. The summed E-state index contributed by atoms with van der Waals surface area (Å²) in [5, 5.41) is 2.96. The van der Waals surface area contributed by atoms with Crippen molar-refractivity contribution in [1.82, 2.24) is 15.1 Å². The van der Waals surface area contributed by atoms with E-state index in [9.17, 15) is 4.79 Å². The molecular weight excluding hydrogens is 510 g/mol. The Bertz CT molecular complexity index is 1130. The molecule has 0 spiro atoms. The van der Waals surface area contributed by atoms with E-state index in [2.05, 4.69) is 97.1 Å². The van der Waals surface area contributed by atoms with Gasteiger partial charge >= 0.3 is 0 Å². The van der Waals surface area contributed by atoms with Crippen LogP contribution in [0.5, 0.6) is 0 Å². The van der Waals surface area contributed by atoms with E-state index in [-0.39, 0.29) is 5.91 Å². The zero-order valence-corrected chi connectivity index (χ0v) is 25.8. The van der Waals surface area contributed by atoms with E-state index >= 15 is 0 Å². The van der Waals surface area contributed by atoms with Crippen LogP contribution in [0.2, 0.25) is 0 Å². The summed E-state index contributed by atoms with van der Waals surface area (Å²) in [6.07, 6.45) is 13.7. The third-order valence-electron chi connectivity index (χ3n) is 7.68. The van der Waals surface area contributed by atoms with Crippen LogP contribution in [-0.4, -0.2) is 55.0 Å². The lowest BCUT2D eigenvalue weighted by Crippen LogP contribution is -2.46. The Labute approximate surface area is 248 Å². The predicted octanol–water partition coefficient (Wildman–Crippen LogP) is 7.70. The average Bonchev–Trinajstić information content (AvgIpc) is 2.95. The van der Waals surface area contributed by atoms with Gasteiger partial charge in [-0.2, -0.15) is 0 Å². The summed E-state index contributed by atoms with van der Waals surface area (Å²) >= 11 is 4.36. The van der Waals surface area contributed by atoms with Gasteiger partial charge in [0.2, 0.25) is 0 Å². The van der Waals surface area contributed by atoms with Gasteiger partial charge in [0.15, 0.2) is 0 Å². The maximum Gasteiger partial charge on any atom is 0.252 e. The normalized spacial score (nSPS) is 15.8. The van der Waals surface area contributed by atoms with Crippen LogP contribution in [-0.2, 0) is 6.54 Å². The van der Waals surface area contributed by atoms with Crippen LogP contribution >= 0.6 is 12.6 Å². The zero-order valence-electron chi connectivity index (χ0n) is 24.9. The summed E-state index contributed by atoms with van der Waals surface area (Å²) in [5.41, 5.74) is 6.33. The molecule has 216 valence electrons. The van der Waals surface area contributed by atoms with Gasteiger partial charge in [-0.15, -0.1) is 12.6 Å². The first-order valence-corrected chi connectivity index (χ1v) is 15.4. The Balaban J connectivity index is 1.23. The Morgan fingerprint density at radius 3 is 2.02 bits per heavy atom. The van der Waals surface area contributed by atoms with E-state index in [1.165, 1.54) is 67.8 Å². The molecule has 0 unspecified atom stereocenters. The van der Waals surface area contributed by atoms with E-state index in [1.54, 1.807) is 6.07 Å². The van der Waals surface area contributed by atoms with Crippen molar-refractivity contribution in [2.24, 2.45) is 0 Å². The highest BCUT2D eigenvalue weighted by atomic mass is 32.1. The number of carbonyl (C=O) groups excluding carboxylic acids is 1. The highest BCUT2D eigenvalue weighted by Gasteiger charge is 2.16. The minimum absolute atomic E-state index is 0.0777. The van der Waals surface area contributed by atoms with Crippen LogP contribution in [0.25, 0.3) is 0 Å². The van der Waals surface area contributed by atoms with Crippen LogP contribution in [0.3, 0.4) is 0 Å². The monoisotopic (exact) mass is 559 g/mol. The third-order valence-corrected chi connectivity index (χ3v) is 8.07. The third kappa shape index (κ3) is 12.3. The van der Waals surface area contributed by atoms with E-state index in [0.717, 1.165) is 32.2 Å². The second-order valence-corrected chi connectivity index (χ2v) is 11.6. The highest BCUT2D eigenvalue weighted by molar-refractivity contribution is 7.80. The van der Waals surface area contributed by atoms with Crippen LogP contribution in [0.15, 0.2) is 94.4 Å². The number of amides is 1. The minimum Gasteiger partial charge on any atom is -0.349 e. The molecule has 0 aromatic heterocycles. The van der Waals surface area contributed by atoms with Gasteiger partial charge in [-0.1, -0.05) is 77.4 Å². The molecule has 1 aliphatic rings. The molecule has 3 rings (SSSR count). The Morgan fingerprint density at radius 2 is 1.35 bits per heavy atom. The number of piperazine rings is 1. The lowest BCUT2D eigenvalue weighted by Gasteiger charge is -2.34. The summed E-state index contributed by atoms with van der Waals surface area (Å²) in [6, 6.07) is 18.2. The molecule has 0 saturated carbocycles. The summed E-state index contributed by atoms with van der Waals surface area (Å²) in [4.78, 5) is 18.2. The molecule has 1 saturated heterocycles. The van der Waals surface area contributed by atoms with Crippen molar-refractivity contribution in [1.29, 1.82) is 0 Å². The topological polar surface area (TPSA) is 35.6 Å². The first kappa shape index (κ1) is 31.9. The van der Waals surface area contributed by atoms with Gasteiger partial charge in [0.25, 0.3) is 5.91 Å². The molecule has 5 heteroatoms. The largest absolute Gasteiger partial charge is 0.349 e.